The van der Waals surface area contributed by atoms with Crippen LogP contribution in [-0.2, 0) is 0 Å². The van der Waals surface area contributed by atoms with Gasteiger partial charge in [0.15, 0.2) is 11.5 Å². The molecule has 0 bridgehead atoms. The minimum atomic E-state index is -0.126. The van der Waals surface area contributed by atoms with E-state index in [4.69, 9.17) is 25.6 Å². The van der Waals surface area contributed by atoms with Gasteiger partial charge in [0.1, 0.15) is 17.6 Å². The van der Waals surface area contributed by atoms with E-state index in [0.717, 1.165) is 29.9 Å². The van der Waals surface area contributed by atoms with E-state index in [9.17, 15) is 4.79 Å². The fourth-order valence-corrected chi connectivity index (χ4v) is 3.44. The molecule has 1 fully saturated rings. The number of methoxy groups -OCH3 is 1. The Kier molecular flexibility index (Phi) is 5.71. The molecule has 1 aromatic heterocycles. The lowest BCUT2D eigenvalue weighted by molar-refractivity contribution is 0.0586. The lowest BCUT2D eigenvalue weighted by Crippen LogP contribution is -2.41. The van der Waals surface area contributed by atoms with Crippen LogP contribution in [0.1, 0.15) is 23.3 Å². The standard InChI is InChI=1S/C22H21ClN2O4/c1-27-17-6-2-15(3-7-17)21-14-20(24-29-21)22(26)25-12-10-19(11-13-25)28-18-8-4-16(23)5-9-18/h2-9,14,19H,10-13H2,1H3. The average Bonchev–Trinajstić information content (AvgIpc) is 3.26. The molecule has 7 heteroatoms. The number of aromatic nitrogens is 1. The molecule has 2 heterocycles. The van der Waals surface area contributed by atoms with E-state index in [-0.39, 0.29) is 12.0 Å². The van der Waals surface area contributed by atoms with E-state index < -0.39 is 0 Å². The number of ether oxygens (including phenoxy) is 2. The number of likely N-dealkylation sites (tertiary alicyclic amines) is 1. The summed E-state index contributed by atoms with van der Waals surface area (Å²) in [5, 5.41) is 4.64. The molecule has 0 spiro atoms. The van der Waals surface area contributed by atoms with Crippen molar-refractivity contribution in [1.29, 1.82) is 0 Å². The zero-order chi connectivity index (χ0) is 20.2. The molecular weight excluding hydrogens is 392 g/mol. The topological polar surface area (TPSA) is 64.8 Å². The second-order valence-electron chi connectivity index (χ2n) is 6.87. The number of rotatable bonds is 5. The van der Waals surface area contributed by atoms with Gasteiger partial charge in [0, 0.05) is 42.6 Å². The maximum absolute atomic E-state index is 12.8. The summed E-state index contributed by atoms with van der Waals surface area (Å²) < 4.78 is 16.5. The number of nitrogens with zero attached hydrogens (tertiary/aromatic N) is 2. The Balaban J connectivity index is 1.34. The van der Waals surface area contributed by atoms with Gasteiger partial charge in [-0.15, -0.1) is 0 Å². The maximum Gasteiger partial charge on any atom is 0.276 e. The fourth-order valence-electron chi connectivity index (χ4n) is 3.31. The molecule has 1 aliphatic rings. The van der Waals surface area contributed by atoms with Gasteiger partial charge < -0.3 is 18.9 Å². The van der Waals surface area contributed by atoms with Crippen LogP contribution in [-0.4, -0.2) is 42.3 Å². The number of halogens is 1. The third-order valence-corrected chi connectivity index (χ3v) is 5.20. The monoisotopic (exact) mass is 412 g/mol. The molecular formula is C22H21ClN2O4. The Morgan fingerprint density at radius 3 is 2.38 bits per heavy atom. The van der Waals surface area contributed by atoms with Crippen molar-refractivity contribution in [3.05, 3.63) is 65.3 Å². The Morgan fingerprint density at radius 2 is 1.72 bits per heavy atom. The Hall–Kier alpha value is -2.99. The Morgan fingerprint density at radius 1 is 1.07 bits per heavy atom. The molecule has 6 nitrogen and oxygen atoms in total. The smallest absolute Gasteiger partial charge is 0.276 e. The molecule has 0 aliphatic carbocycles. The van der Waals surface area contributed by atoms with Crippen molar-refractivity contribution >= 4 is 17.5 Å². The summed E-state index contributed by atoms with van der Waals surface area (Å²) in [7, 11) is 1.61. The summed E-state index contributed by atoms with van der Waals surface area (Å²) in [6.07, 6.45) is 1.60. The van der Waals surface area contributed by atoms with Gasteiger partial charge in [0.25, 0.3) is 5.91 Å². The van der Waals surface area contributed by atoms with Gasteiger partial charge in [-0.25, -0.2) is 0 Å². The van der Waals surface area contributed by atoms with Crippen LogP contribution in [0.4, 0.5) is 0 Å². The highest BCUT2D eigenvalue weighted by Crippen LogP contribution is 2.25. The van der Waals surface area contributed by atoms with Gasteiger partial charge in [-0.05, 0) is 48.5 Å². The number of carbonyl (C=O) groups excluding carboxylic acids is 1. The van der Waals surface area contributed by atoms with Crippen molar-refractivity contribution in [3.8, 4) is 22.8 Å². The Bertz CT molecular complexity index is 961. The van der Waals surface area contributed by atoms with Crippen LogP contribution >= 0.6 is 11.6 Å². The molecule has 0 unspecified atom stereocenters. The van der Waals surface area contributed by atoms with E-state index in [1.165, 1.54) is 0 Å². The first-order chi connectivity index (χ1) is 14.1. The number of hydrogen-bond acceptors (Lipinski definition) is 5. The van der Waals surface area contributed by atoms with Crippen molar-refractivity contribution in [2.75, 3.05) is 20.2 Å². The molecule has 150 valence electrons. The third kappa shape index (κ3) is 4.54. The Labute approximate surface area is 174 Å². The van der Waals surface area contributed by atoms with Crippen molar-refractivity contribution < 1.29 is 18.8 Å². The van der Waals surface area contributed by atoms with Crippen LogP contribution < -0.4 is 9.47 Å². The van der Waals surface area contributed by atoms with Crippen molar-refractivity contribution in [1.82, 2.24) is 10.1 Å². The normalized spacial score (nSPS) is 14.6. The van der Waals surface area contributed by atoms with Crippen LogP contribution in [0.5, 0.6) is 11.5 Å². The van der Waals surface area contributed by atoms with Gasteiger partial charge in [0.05, 0.1) is 7.11 Å². The van der Waals surface area contributed by atoms with Crippen molar-refractivity contribution in [3.63, 3.8) is 0 Å². The second-order valence-corrected chi connectivity index (χ2v) is 7.30. The van der Waals surface area contributed by atoms with Gasteiger partial charge in [-0.1, -0.05) is 16.8 Å². The minimum Gasteiger partial charge on any atom is -0.497 e. The van der Waals surface area contributed by atoms with Crippen LogP contribution in [0.15, 0.2) is 59.1 Å². The highest BCUT2D eigenvalue weighted by Gasteiger charge is 2.26. The van der Waals surface area contributed by atoms with Gasteiger partial charge in [-0.2, -0.15) is 0 Å². The van der Waals surface area contributed by atoms with Gasteiger partial charge in [-0.3, -0.25) is 4.79 Å². The van der Waals surface area contributed by atoms with Crippen molar-refractivity contribution in [2.24, 2.45) is 0 Å². The van der Waals surface area contributed by atoms with Crippen molar-refractivity contribution in [2.45, 2.75) is 18.9 Å². The first-order valence-electron chi connectivity index (χ1n) is 9.45. The molecule has 29 heavy (non-hydrogen) atoms. The summed E-state index contributed by atoms with van der Waals surface area (Å²) in [6, 6.07) is 16.4. The van der Waals surface area contributed by atoms with Crippen LogP contribution in [0, 0.1) is 0 Å². The molecule has 1 saturated heterocycles. The van der Waals surface area contributed by atoms with E-state index >= 15 is 0 Å². The maximum atomic E-state index is 12.8. The number of hydrogen-bond donors (Lipinski definition) is 0. The zero-order valence-corrected chi connectivity index (χ0v) is 16.8. The lowest BCUT2D eigenvalue weighted by Gasteiger charge is -2.31. The van der Waals surface area contributed by atoms with Crippen LogP contribution in [0.2, 0.25) is 5.02 Å². The number of carbonyl (C=O) groups is 1. The number of piperidine rings is 1. The summed E-state index contributed by atoms with van der Waals surface area (Å²) >= 11 is 5.90. The summed E-state index contributed by atoms with van der Waals surface area (Å²) in [5.74, 6) is 1.98. The molecule has 0 saturated carbocycles. The predicted octanol–water partition coefficient (Wildman–Crippen LogP) is 4.69. The first-order valence-corrected chi connectivity index (χ1v) is 9.83. The predicted molar refractivity (Wildman–Crippen MR) is 109 cm³/mol. The minimum absolute atomic E-state index is 0.0763. The summed E-state index contributed by atoms with van der Waals surface area (Å²) in [4.78, 5) is 14.6. The highest BCUT2D eigenvalue weighted by atomic mass is 35.5. The molecule has 1 amide bonds. The molecule has 0 radical (unpaired) electrons. The van der Waals surface area contributed by atoms with Crippen LogP contribution in [0.25, 0.3) is 11.3 Å². The zero-order valence-electron chi connectivity index (χ0n) is 16.0. The second kappa shape index (κ2) is 8.57. The molecule has 2 aromatic carbocycles. The van der Waals surface area contributed by atoms with E-state index in [1.807, 2.05) is 36.4 Å². The largest absolute Gasteiger partial charge is 0.497 e. The van der Waals surface area contributed by atoms with Gasteiger partial charge in [0.2, 0.25) is 0 Å². The van der Waals surface area contributed by atoms with Gasteiger partial charge >= 0.3 is 0 Å². The number of amides is 1. The van der Waals surface area contributed by atoms with E-state index in [0.29, 0.717) is 29.6 Å². The SMILES string of the molecule is COc1ccc(-c2cc(C(=O)N3CCC(Oc4ccc(Cl)cc4)CC3)no2)cc1. The quantitative estimate of drug-likeness (QED) is 0.608. The number of benzene rings is 2. The fraction of sp³-hybridized carbons (Fsp3) is 0.273. The highest BCUT2D eigenvalue weighted by molar-refractivity contribution is 6.30. The molecule has 0 N–H and O–H groups in total. The lowest BCUT2D eigenvalue weighted by atomic mass is 10.1. The van der Waals surface area contributed by atoms with E-state index in [1.54, 1.807) is 30.2 Å². The van der Waals surface area contributed by atoms with E-state index in [2.05, 4.69) is 5.16 Å². The third-order valence-electron chi connectivity index (χ3n) is 4.95. The van der Waals surface area contributed by atoms with Crippen LogP contribution in [0.3, 0.4) is 0 Å². The summed E-state index contributed by atoms with van der Waals surface area (Å²) in [5.41, 5.74) is 1.15. The first kappa shape index (κ1) is 19.3. The average molecular weight is 413 g/mol. The molecule has 0 atom stereocenters. The molecule has 3 aromatic rings. The molecule has 4 rings (SSSR count). The molecule has 1 aliphatic heterocycles. The summed E-state index contributed by atoms with van der Waals surface area (Å²) in [6.45, 7) is 1.23.